The van der Waals surface area contributed by atoms with Crippen molar-refractivity contribution in [3.05, 3.63) is 44.5 Å². The zero-order valence-corrected chi connectivity index (χ0v) is 21.8. The van der Waals surface area contributed by atoms with Crippen molar-refractivity contribution >= 4 is 5.91 Å². The van der Waals surface area contributed by atoms with Gasteiger partial charge >= 0.3 is 35.8 Å². The van der Waals surface area contributed by atoms with Crippen LogP contribution in [-0.2, 0) is 22.6 Å². The average Bonchev–Trinajstić information content (AvgIpc) is 3.57. The molecule has 3 heterocycles. The highest BCUT2D eigenvalue weighted by Crippen LogP contribution is 2.53. The summed E-state index contributed by atoms with van der Waals surface area (Å²) in [5.74, 6) is -27.5. The lowest BCUT2D eigenvalue weighted by molar-refractivity contribution is -0.351. The maximum Gasteiger partial charge on any atom is 0.375 e. The van der Waals surface area contributed by atoms with E-state index in [1.165, 1.54) is 28.6 Å². The number of H-pyrrole nitrogens is 1. The van der Waals surface area contributed by atoms with E-state index >= 15 is 0 Å². The van der Waals surface area contributed by atoms with Gasteiger partial charge < -0.3 is 10.1 Å². The molecule has 1 aliphatic heterocycles. The van der Waals surface area contributed by atoms with E-state index in [1.807, 2.05) is 5.32 Å². The molecular weight excluding hydrogens is 621 g/mol. The number of hydrogen-bond acceptors (Lipinski definition) is 6. The first-order valence-corrected chi connectivity index (χ1v) is 12.3. The Balaban J connectivity index is 1.52. The molecule has 0 saturated carbocycles. The molecule has 1 fully saturated rings. The third kappa shape index (κ3) is 7.01. The normalized spacial score (nSPS) is 19.2. The van der Waals surface area contributed by atoms with E-state index in [-0.39, 0.29) is 17.8 Å². The van der Waals surface area contributed by atoms with Crippen LogP contribution in [0.5, 0.6) is 0 Å². The molecule has 0 aliphatic carbocycles. The van der Waals surface area contributed by atoms with E-state index in [9.17, 15) is 62.7 Å². The summed E-state index contributed by atoms with van der Waals surface area (Å²) in [5, 5.41) is 9.41. The predicted molar refractivity (Wildman–Crippen MR) is 121 cm³/mol. The van der Waals surface area contributed by atoms with E-state index in [0.717, 1.165) is 0 Å². The fourth-order valence-corrected chi connectivity index (χ4v) is 4.00. The van der Waals surface area contributed by atoms with E-state index in [1.54, 1.807) is 0 Å². The van der Waals surface area contributed by atoms with Crippen LogP contribution in [-0.4, -0.2) is 72.8 Å². The Bertz CT molecular complexity index is 1410. The van der Waals surface area contributed by atoms with Crippen molar-refractivity contribution in [2.24, 2.45) is 0 Å². The smallest absolute Gasteiger partial charge is 0.353 e. The molecule has 0 bridgehead atoms. The summed E-state index contributed by atoms with van der Waals surface area (Å²) in [6, 6.07) is 0. The minimum atomic E-state index is -6.93. The standard InChI is InChI=1S/C22H23F11N6O4/c1-10-7-39(18(42)35-15(10)41)14-3-2-12(43-14)9-38-8-11(36-37-38)6-34-13(40)4-5-19(26,27)22(32,33)21(30,31)16(23)20(28,29)17(24)25/h7-8,12,14,16-17H,2-6,9H2,1H3,(H,34,40)(H,35,41,42)/t12-,14+,16?/m0/s1. The first kappa shape index (κ1) is 34.0. The third-order valence-corrected chi connectivity index (χ3v) is 6.48. The number of hydrogen-bond donors (Lipinski definition) is 2. The van der Waals surface area contributed by atoms with Crippen LogP contribution >= 0.6 is 0 Å². The molecule has 2 aromatic rings. The summed E-state index contributed by atoms with van der Waals surface area (Å²) >= 11 is 0. The molecule has 1 unspecified atom stereocenters. The Hall–Kier alpha value is -3.52. The number of aryl methyl sites for hydroxylation is 1. The Morgan fingerprint density at radius 3 is 2.37 bits per heavy atom. The molecule has 43 heavy (non-hydrogen) atoms. The number of nitrogens with zero attached hydrogens (tertiary/aromatic N) is 4. The molecule has 0 radical (unpaired) electrons. The van der Waals surface area contributed by atoms with Gasteiger partial charge in [-0.05, 0) is 19.8 Å². The van der Waals surface area contributed by atoms with Gasteiger partial charge in [0.05, 0.1) is 25.4 Å². The molecule has 0 aromatic carbocycles. The second kappa shape index (κ2) is 12.2. The summed E-state index contributed by atoms with van der Waals surface area (Å²) in [7, 11) is 0. The van der Waals surface area contributed by atoms with Gasteiger partial charge in [-0.3, -0.25) is 19.1 Å². The van der Waals surface area contributed by atoms with Gasteiger partial charge in [-0.2, -0.15) is 35.1 Å². The number of carbonyl (C=O) groups is 1. The minimum Gasteiger partial charge on any atom is -0.353 e. The van der Waals surface area contributed by atoms with Gasteiger partial charge in [0, 0.05) is 24.6 Å². The monoisotopic (exact) mass is 644 g/mol. The van der Waals surface area contributed by atoms with Crippen molar-refractivity contribution in [1.82, 2.24) is 29.9 Å². The summed E-state index contributed by atoms with van der Waals surface area (Å²) in [6.07, 6.45) is -12.5. The molecule has 1 saturated heterocycles. The first-order valence-electron chi connectivity index (χ1n) is 12.3. The maximum absolute atomic E-state index is 13.9. The van der Waals surface area contributed by atoms with Crippen LogP contribution in [0.3, 0.4) is 0 Å². The molecule has 21 heteroatoms. The Labute approximate surface area is 233 Å². The van der Waals surface area contributed by atoms with Crippen LogP contribution in [0.15, 0.2) is 22.0 Å². The molecular formula is C22H23F11N6O4. The molecule has 2 aromatic heterocycles. The quantitative estimate of drug-likeness (QED) is 0.323. The van der Waals surface area contributed by atoms with Gasteiger partial charge in [-0.1, -0.05) is 5.21 Å². The molecule has 3 atom stereocenters. The summed E-state index contributed by atoms with van der Waals surface area (Å²) in [4.78, 5) is 37.6. The van der Waals surface area contributed by atoms with Crippen molar-refractivity contribution in [1.29, 1.82) is 0 Å². The average molecular weight is 644 g/mol. The Kier molecular flexibility index (Phi) is 9.66. The van der Waals surface area contributed by atoms with Gasteiger partial charge in [0.1, 0.15) is 11.9 Å². The largest absolute Gasteiger partial charge is 0.375 e. The number of nitrogens with one attached hydrogen (secondary N) is 2. The first-order chi connectivity index (χ1) is 19.7. The molecule has 10 nitrogen and oxygen atoms in total. The zero-order valence-electron chi connectivity index (χ0n) is 21.8. The fourth-order valence-electron chi connectivity index (χ4n) is 4.00. The highest BCUT2D eigenvalue weighted by atomic mass is 19.4. The van der Waals surface area contributed by atoms with Crippen LogP contribution in [0.4, 0.5) is 48.3 Å². The summed E-state index contributed by atoms with van der Waals surface area (Å²) in [5.41, 5.74) is -0.910. The molecule has 3 rings (SSSR count). The number of carbonyl (C=O) groups excluding carboxylic acids is 1. The lowest BCUT2D eigenvalue weighted by Gasteiger charge is -2.36. The summed E-state index contributed by atoms with van der Waals surface area (Å²) < 4.78 is 154. The van der Waals surface area contributed by atoms with E-state index in [2.05, 4.69) is 15.3 Å². The van der Waals surface area contributed by atoms with Gasteiger partial charge in [0.15, 0.2) is 0 Å². The summed E-state index contributed by atoms with van der Waals surface area (Å²) in [6.45, 7) is 1.09. The number of rotatable bonds is 13. The van der Waals surface area contributed by atoms with E-state index < -0.39 is 85.2 Å². The van der Waals surface area contributed by atoms with Crippen molar-refractivity contribution in [2.75, 3.05) is 0 Å². The number of alkyl halides is 11. The van der Waals surface area contributed by atoms with Crippen molar-refractivity contribution in [2.45, 2.75) is 94.3 Å². The van der Waals surface area contributed by atoms with Gasteiger partial charge in [0.2, 0.25) is 12.1 Å². The zero-order chi connectivity index (χ0) is 32.5. The lowest BCUT2D eigenvalue weighted by Crippen LogP contribution is -2.63. The van der Waals surface area contributed by atoms with E-state index in [4.69, 9.17) is 4.74 Å². The highest BCUT2D eigenvalue weighted by molar-refractivity contribution is 5.75. The number of aromatic amines is 1. The van der Waals surface area contributed by atoms with Crippen LogP contribution in [0.25, 0.3) is 0 Å². The number of ether oxygens (including phenoxy) is 1. The number of aromatic nitrogens is 5. The maximum atomic E-state index is 13.9. The van der Waals surface area contributed by atoms with Crippen molar-refractivity contribution in [3.63, 3.8) is 0 Å². The van der Waals surface area contributed by atoms with E-state index in [0.29, 0.717) is 12.8 Å². The van der Waals surface area contributed by atoms with Crippen LogP contribution in [0.1, 0.15) is 43.2 Å². The van der Waals surface area contributed by atoms with Gasteiger partial charge in [0.25, 0.3) is 5.56 Å². The minimum absolute atomic E-state index is 0.0218. The number of amides is 1. The molecule has 1 aliphatic rings. The molecule has 0 spiro atoms. The van der Waals surface area contributed by atoms with Crippen LogP contribution in [0, 0.1) is 6.92 Å². The SMILES string of the molecule is Cc1cn([C@H]2CC[C@@H](Cn3cc(CNC(=O)CCC(F)(F)C(F)(F)C(F)(F)C(F)C(F)(F)C(F)F)nn3)O2)c(=O)[nH]c1=O. The van der Waals surface area contributed by atoms with Gasteiger partial charge in [-0.15, -0.1) is 5.10 Å². The second-order valence-electron chi connectivity index (χ2n) is 9.72. The fraction of sp³-hybridized carbons (Fsp3) is 0.682. The lowest BCUT2D eigenvalue weighted by atomic mass is 9.94. The molecule has 242 valence electrons. The topological polar surface area (TPSA) is 124 Å². The highest BCUT2D eigenvalue weighted by Gasteiger charge is 2.78. The Morgan fingerprint density at radius 2 is 1.74 bits per heavy atom. The van der Waals surface area contributed by atoms with Crippen LogP contribution in [0.2, 0.25) is 0 Å². The molecule has 2 N–H and O–H groups in total. The van der Waals surface area contributed by atoms with Crippen molar-refractivity contribution in [3.8, 4) is 0 Å². The van der Waals surface area contributed by atoms with Crippen molar-refractivity contribution < 1.29 is 57.8 Å². The second-order valence-corrected chi connectivity index (χ2v) is 9.72. The van der Waals surface area contributed by atoms with Gasteiger partial charge in [-0.25, -0.2) is 22.6 Å². The number of halogens is 11. The predicted octanol–water partition coefficient (Wildman–Crippen LogP) is 3.36. The molecule has 1 amide bonds. The Morgan fingerprint density at radius 1 is 1.09 bits per heavy atom. The third-order valence-electron chi connectivity index (χ3n) is 6.48. The van der Waals surface area contributed by atoms with Crippen LogP contribution < -0.4 is 16.6 Å².